The molecular formula is C33H51O4. The van der Waals surface area contributed by atoms with Gasteiger partial charge < -0.3 is 9.84 Å². The molecule has 0 unspecified atom stereocenters. The summed E-state index contributed by atoms with van der Waals surface area (Å²) in [6.45, 7) is 8.19. The van der Waals surface area contributed by atoms with Crippen LogP contribution in [0.25, 0.3) is 0 Å². The first-order chi connectivity index (χ1) is 17.7. The first kappa shape index (κ1) is 29.9. The summed E-state index contributed by atoms with van der Waals surface area (Å²) in [6, 6.07) is 0. The lowest BCUT2D eigenvalue weighted by atomic mass is 9.68. The minimum absolute atomic E-state index is 0.164. The maximum Gasteiger partial charge on any atom is 0.305 e. The lowest BCUT2D eigenvalue weighted by Gasteiger charge is -2.38. The van der Waals surface area contributed by atoms with E-state index < -0.39 is 16.4 Å². The lowest BCUT2D eigenvalue weighted by molar-refractivity contribution is -0.145. The number of fused-ring (bicyclic) bond motifs is 1. The molecule has 1 fully saturated rings. The number of carbonyl (C=O) groups excluding carboxylic acids is 2. The van der Waals surface area contributed by atoms with Gasteiger partial charge in [-0.2, -0.15) is 0 Å². The fraction of sp³-hybridized carbons (Fsp3) is 0.727. The molecule has 0 aromatic heterocycles. The van der Waals surface area contributed by atoms with Crippen LogP contribution in [0.1, 0.15) is 130 Å². The number of allylic oxidation sites excluding steroid dienone is 3. The van der Waals surface area contributed by atoms with Crippen molar-refractivity contribution in [1.82, 2.24) is 0 Å². The largest absolute Gasteiger partial charge is 0.465 e. The minimum atomic E-state index is -1.34. The number of ketones is 1. The molecular weight excluding hydrogens is 460 g/mol. The van der Waals surface area contributed by atoms with E-state index in [0.29, 0.717) is 12.0 Å². The van der Waals surface area contributed by atoms with Crippen LogP contribution in [0.3, 0.4) is 0 Å². The first-order valence-corrected chi connectivity index (χ1v) is 15.1. The molecule has 1 spiro atoms. The topological polar surface area (TPSA) is 63.6 Å². The predicted octanol–water partition coefficient (Wildman–Crippen LogP) is 8.15. The summed E-state index contributed by atoms with van der Waals surface area (Å²) in [5.41, 5.74) is 0.397. The van der Waals surface area contributed by atoms with Crippen LogP contribution in [0.5, 0.6) is 0 Å². The Labute approximate surface area is 226 Å². The molecule has 0 bridgehead atoms. The van der Waals surface area contributed by atoms with Crippen molar-refractivity contribution in [2.45, 2.75) is 136 Å². The highest BCUT2D eigenvalue weighted by atomic mass is 16.5. The second-order valence-corrected chi connectivity index (χ2v) is 12.2. The third-order valence-electron chi connectivity index (χ3n) is 8.92. The Morgan fingerprint density at radius 3 is 2.11 bits per heavy atom. The van der Waals surface area contributed by atoms with Gasteiger partial charge in [0.2, 0.25) is 0 Å². The van der Waals surface area contributed by atoms with Gasteiger partial charge in [-0.15, -0.1) is 0 Å². The van der Waals surface area contributed by atoms with E-state index in [1.54, 1.807) is 6.92 Å². The van der Waals surface area contributed by atoms with Crippen molar-refractivity contribution in [2.75, 3.05) is 6.61 Å². The smallest absolute Gasteiger partial charge is 0.305 e. The molecule has 0 aromatic rings. The molecule has 37 heavy (non-hydrogen) atoms. The summed E-state index contributed by atoms with van der Waals surface area (Å²) >= 11 is 0. The van der Waals surface area contributed by atoms with Crippen molar-refractivity contribution >= 4 is 11.8 Å². The second-order valence-electron chi connectivity index (χ2n) is 12.2. The van der Waals surface area contributed by atoms with Gasteiger partial charge in [0.1, 0.15) is 12.2 Å². The molecule has 3 aliphatic rings. The Bertz CT molecular complexity index is 886. The van der Waals surface area contributed by atoms with Crippen LogP contribution < -0.4 is 0 Å². The average Bonchev–Trinajstić information content (AvgIpc) is 3.61. The minimum Gasteiger partial charge on any atom is -0.465 e. The lowest BCUT2D eigenvalue weighted by Crippen LogP contribution is -2.49. The highest BCUT2D eigenvalue weighted by molar-refractivity contribution is 6.09. The third-order valence-corrected chi connectivity index (χ3v) is 8.92. The molecule has 0 amide bonds. The quantitative estimate of drug-likeness (QED) is 0.122. The zero-order valence-corrected chi connectivity index (χ0v) is 24.0. The molecule has 4 heteroatoms. The zero-order valence-electron chi connectivity index (χ0n) is 24.0. The molecule has 207 valence electrons. The number of hydrogen-bond donors (Lipinski definition) is 1. The summed E-state index contributed by atoms with van der Waals surface area (Å²) in [7, 11) is 0. The number of ether oxygens (including phenoxy) is 1. The van der Waals surface area contributed by atoms with E-state index in [1.165, 1.54) is 57.8 Å². The molecule has 2 atom stereocenters. The normalized spacial score (nSPS) is 26.2. The van der Waals surface area contributed by atoms with Gasteiger partial charge in [-0.05, 0) is 64.4 Å². The van der Waals surface area contributed by atoms with Crippen molar-refractivity contribution in [3.63, 3.8) is 0 Å². The number of Topliss-reactive ketones (excluding diaryl/α,β-unsaturated/α-hetero) is 1. The van der Waals surface area contributed by atoms with Crippen LogP contribution in [-0.4, -0.2) is 29.1 Å². The van der Waals surface area contributed by atoms with Gasteiger partial charge in [0.25, 0.3) is 0 Å². The van der Waals surface area contributed by atoms with Crippen LogP contribution in [0.4, 0.5) is 0 Å². The number of carbonyl (C=O) groups is 2. The zero-order chi connectivity index (χ0) is 26.9. The Balaban J connectivity index is 1.25. The van der Waals surface area contributed by atoms with Crippen molar-refractivity contribution in [3.05, 3.63) is 41.4 Å². The molecule has 0 heterocycles. The van der Waals surface area contributed by atoms with E-state index in [4.69, 9.17) is 4.74 Å². The van der Waals surface area contributed by atoms with Crippen molar-refractivity contribution in [2.24, 2.45) is 10.8 Å². The van der Waals surface area contributed by atoms with E-state index in [2.05, 4.69) is 25.5 Å². The Kier molecular flexibility index (Phi) is 10.8. The molecule has 1 saturated carbocycles. The van der Waals surface area contributed by atoms with Crippen molar-refractivity contribution < 1.29 is 19.4 Å². The predicted molar refractivity (Wildman–Crippen MR) is 151 cm³/mol. The highest BCUT2D eigenvalue weighted by Gasteiger charge is 2.65. The second kappa shape index (κ2) is 13.4. The molecule has 4 nitrogen and oxygen atoms in total. The van der Waals surface area contributed by atoms with Crippen LogP contribution in [0, 0.1) is 17.3 Å². The molecule has 3 aliphatic carbocycles. The maximum absolute atomic E-state index is 13.0. The van der Waals surface area contributed by atoms with Crippen molar-refractivity contribution in [1.29, 1.82) is 0 Å². The van der Waals surface area contributed by atoms with Crippen LogP contribution in [0.15, 0.2) is 34.9 Å². The van der Waals surface area contributed by atoms with Crippen LogP contribution in [-0.2, 0) is 14.3 Å². The standard InChI is InChI=1S/C33H51O4/c1-5-6-7-8-9-10-11-12-13-14-15-16-17-18-19-20-29(34)37-25-31(3)23-27-26(2)33(21-22-33)32(4,36)30(35)28(27)24-31/h12-13,23-24,36H,5-11,14-22,25H2,1-4H3/b13-12+/t31-,32-/m0/s1. The third kappa shape index (κ3) is 7.46. The monoisotopic (exact) mass is 511 g/mol. The van der Waals surface area contributed by atoms with E-state index >= 15 is 0 Å². The van der Waals surface area contributed by atoms with Crippen molar-refractivity contribution in [3.8, 4) is 0 Å². The molecule has 3 rings (SSSR count). The average molecular weight is 512 g/mol. The highest BCUT2D eigenvalue weighted by Crippen LogP contribution is 2.65. The van der Waals surface area contributed by atoms with Gasteiger partial charge in [-0.25, -0.2) is 0 Å². The number of rotatable bonds is 17. The molecule has 1 N–H and O–H groups in total. The Morgan fingerprint density at radius 2 is 1.51 bits per heavy atom. The Hall–Kier alpha value is -1.68. The molecule has 1 radical (unpaired) electrons. The van der Waals surface area contributed by atoms with E-state index in [1.807, 2.05) is 19.9 Å². The molecule has 0 aliphatic heterocycles. The SMILES string of the molecule is CCCCCCCC/C=C/CCCCCCCC(=O)OC[C@@]1(C)[CH]C2=C(C)C3(CC3)[C@@](C)(O)C(=O)C2=C1. The van der Waals surface area contributed by atoms with Gasteiger partial charge in [-0.3, -0.25) is 9.59 Å². The molecule has 0 aromatic carbocycles. The number of hydrogen-bond acceptors (Lipinski definition) is 4. The van der Waals surface area contributed by atoms with Gasteiger partial charge >= 0.3 is 5.97 Å². The van der Waals surface area contributed by atoms with E-state index in [9.17, 15) is 14.7 Å². The number of unbranched alkanes of at least 4 members (excludes halogenated alkanes) is 11. The van der Waals surface area contributed by atoms with Gasteiger partial charge in [0.05, 0.1) is 0 Å². The fourth-order valence-corrected chi connectivity index (χ4v) is 6.18. The number of esters is 1. The Morgan fingerprint density at radius 1 is 0.946 bits per heavy atom. The fourth-order valence-electron chi connectivity index (χ4n) is 6.18. The summed E-state index contributed by atoms with van der Waals surface area (Å²) in [5, 5.41) is 11.0. The van der Waals surface area contributed by atoms with Crippen LogP contribution >= 0.6 is 0 Å². The summed E-state index contributed by atoms with van der Waals surface area (Å²) < 4.78 is 5.62. The van der Waals surface area contributed by atoms with Crippen LogP contribution in [0.2, 0.25) is 0 Å². The van der Waals surface area contributed by atoms with Gasteiger partial charge in [0, 0.05) is 29.2 Å². The first-order valence-electron chi connectivity index (χ1n) is 15.1. The summed E-state index contributed by atoms with van der Waals surface area (Å²) in [6.07, 6.45) is 26.9. The molecule has 0 saturated heterocycles. The van der Waals surface area contributed by atoms with E-state index in [-0.39, 0.29) is 18.4 Å². The maximum atomic E-state index is 13.0. The summed E-state index contributed by atoms with van der Waals surface area (Å²) in [5.74, 6) is -0.353. The van der Waals surface area contributed by atoms with E-state index in [0.717, 1.165) is 49.7 Å². The van der Waals surface area contributed by atoms with Gasteiger partial charge in [-0.1, -0.05) is 89.0 Å². The number of aliphatic hydroxyl groups is 1. The van der Waals surface area contributed by atoms with Gasteiger partial charge in [0.15, 0.2) is 5.78 Å². The summed E-state index contributed by atoms with van der Waals surface area (Å²) in [4.78, 5) is 25.4.